The normalized spacial score (nSPS) is 14.3. The molecule has 0 unspecified atom stereocenters. The van der Waals surface area contributed by atoms with E-state index in [0.29, 0.717) is 30.8 Å². The number of benzene rings is 2. The first-order valence-electron chi connectivity index (χ1n) is 8.99. The van der Waals surface area contributed by atoms with Crippen LogP contribution in [0.1, 0.15) is 24.5 Å². The second-order valence-electron chi connectivity index (χ2n) is 6.54. The van der Waals surface area contributed by atoms with Crippen LogP contribution < -0.4 is 14.9 Å². The summed E-state index contributed by atoms with van der Waals surface area (Å²) >= 11 is 0. The molecule has 2 aromatic carbocycles. The number of nitrogens with one attached hydrogen (secondary N) is 2. The van der Waals surface area contributed by atoms with Crippen molar-refractivity contribution in [2.45, 2.75) is 25.9 Å². The lowest BCUT2D eigenvalue weighted by atomic mass is 10.0. The Morgan fingerprint density at radius 3 is 2.55 bits per heavy atom. The molecule has 156 valence electrons. The molecule has 1 aliphatic rings. The maximum Gasteiger partial charge on any atom is 0.418 e. The molecule has 0 saturated carbocycles. The zero-order chi connectivity index (χ0) is 21.2. The number of carbonyl (C=O) groups excluding carboxylic acids is 1. The number of anilines is 3. The van der Waals surface area contributed by atoms with E-state index in [0.717, 1.165) is 11.6 Å². The van der Waals surface area contributed by atoms with Crippen molar-refractivity contribution in [2.24, 2.45) is 0 Å². The lowest BCUT2D eigenvalue weighted by Gasteiger charge is -2.30. The highest BCUT2D eigenvalue weighted by Crippen LogP contribution is 2.35. The topological polar surface area (TPSA) is 78.5 Å². The van der Waals surface area contributed by atoms with Crippen LogP contribution in [0.15, 0.2) is 42.5 Å². The van der Waals surface area contributed by atoms with Gasteiger partial charge in [0.1, 0.15) is 0 Å². The Morgan fingerprint density at radius 1 is 1.14 bits per heavy atom. The Kier molecular flexibility index (Phi) is 5.74. The van der Waals surface area contributed by atoms with Gasteiger partial charge in [0.15, 0.2) is 0 Å². The largest absolute Gasteiger partial charge is 0.418 e. The molecule has 1 heterocycles. The van der Waals surface area contributed by atoms with Gasteiger partial charge in [0.2, 0.25) is 10.0 Å². The van der Waals surface area contributed by atoms with Crippen LogP contribution in [0.3, 0.4) is 0 Å². The van der Waals surface area contributed by atoms with E-state index < -0.39 is 27.8 Å². The number of carbonyl (C=O) groups is 1. The molecule has 0 spiro atoms. The van der Waals surface area contributed by atoms with Gasteiger partial charge in [0.25, 0.3) is 0 Å². The van der Waals surface area contributed by atoms with E-state index in [1.54, 1.807) is 19.1 Å². The Morgan fingerprint density at radius 2 is 1.86 bits per heavy atom. The second kappa shape index (κ2) is 7.94. The molecule has 0 fully saturated rings. The van der Waals surface area contributed by atoms with Gasteiger partial charge in [-0.3, -0.25) is 4.31 Å². The summed E-state index contributed by atoms with van der Waals surface area (Å²) in [7, 11) is -3.40. The first-order chi connectivity index (χ1) is 13.6. The molecule has 0 aromatic heterocycles. The maximum absolute atomic E-state index is 13.1. The lowest BCUT2D eigenvalue weighted by molar-refractivity contribution is -0.136. The SMILES string of the molecule is CCS(=O)(=O)N1CCCc2cc(NC(=O)Nc3ccccc3C(F)(F)F)ccc21. The third kappa shape index (κ3) is 4.64. The standard InChI is InChI=1S/C19H20F3N3O3S/c1-2-29(27,28)25-11-5-6-13-12-14(9-10-17(13)25)23-18(26)24-16-8-4-3-7-15(16)19(20,21)22/h3-4,7-10,12H,2,5-6,11H2,1H3,(H2,23,24,26). The summed E-state index contributed by atoms with van der Waals surface area (Å²) < 4.78 is 65.0. The summed E-state index contributed by atoms with van der Waals surface area (Å²) in [6.07, 6.45) is -3.32. The van der Waals surface area contributed by atoms with Gasteiger partial charge in [-0.25, -0.2) is 13.2 Å². The van der Waals surface area contributed by atoms with Gasteiger partial charge in [-0.2, -0.15) is 13.2 Å². The quantitative estimate of drug-likeness (QED) is 0.757. The zero-order valence-corrected chi connectivity index (χ0v) is 16.4. The van der Waals surface area contributed by atoms with E-state index in [9.17, 15) is 26.4 Å². The second-order valence-corrected chi connectivity index (χ2v) is 8.72. The van der Waals surface area contributed by atoms with Gasteiger partial charge < -0.3 is 10.6 Å². The van der Waals surface area contributed by atoms with E-state index in [1.165, 1.54) is 28.6 Å². The van der Waals surface area contributed by atoms with Crippen molar-refractivity contribution in [1.82, 2.24) is 0 Å². The Balaban J connectivity index is 1.78. The molecule has 6 nitrogen and oxygen atoms in total. The fraction of sp³-hybridized carbons (Fsp3) is 0.316. The molecule has 1 aliphatic heterocycles. The molecule has 3 rings (SSSR count). The number of rotatable bonds is 4. The molecule has 0 atom stereocenters. The average Bonchev–Trinajstić information content (AvgIpc) is 2.66. The Labute approximate surface area is 166 Å². The van der Waals surface area contributed by atoms with E-state index in [4.69, 9.17) is 0 Å². The summed E-state index contributed by atoms with van der Waals surface area (Å²) in [5.74, 6) is -0.0204. The maximum atomic E-state index is 13.1. The highest BCUT2D eigenvalue weighted by molar-refractivity contribution is 7.92. The summed E-state index contributed by atoms with van der Waals surface area (Å²) in [5, 5.41) is 4.71. The van der Waals surface area contributed by atoms with E-state index in [-0.39, 0.29) is 11.4 Å². The molecule has 0 aliphatic carbocycles. The Bertz CT molecular complexity index is 1020. The van der Waals surface area contributed by atoms with Crippen LogP contribution in [-0.2, 0) is 22.6 Å². The summed E-state index contributed by atoms with van der Waals surface area (Å²) in [5.41, 5.74) is 0.381. The van der Waals surface area contributed by atoms with Gasteiger partial charge in [-0.15, -0.1) is 0 Å². The van der Waals surface area contributed by atoms with Gasteiger partial charge >= 0.3 is 12.2 Å². The number of para-hydroxylation sites is 1. The van der Waals surface area contributed by atoms with Gasteiger partial charge in [-0.05, 0) is 55.7 Å². The molecule has 2 aromatic rings. The average molecular weight is 427 g/mol. The minimum absolute atomic E-state index is 0.0204. The van der Waals surface area contributed by atoms with Crippen LogP contribution in [0.4, 0.5) is 35.0 Å². The summed E-state index contributed by atoms with van der Waals surface area (Å²) in [6.45, 7) is 1.97. The third-order valence-corrected chi connectivity index (χ3v) is 6.38. The van der Waals surface area contributed by atoms with E-state index >= 15 is 0 Å². The number of hydrogen-bond acceptors (Lipinski definition) is 3. The first kappa shape index (κ1) is 21.0. The van der Waals surface area contributed by atoms with E-state index in [1.807, 2.05) is 0 Å². The van der Waals surface area contributed by atoms with Crippen LogP contribution in [0.2, 0.25) is 0 Å². The van der Waals surface area contributed by atoms with Crippen LogP contribution in [0, 0.1) is 0 Å². The van der Waals surface area contributed by atoms with Crippen molar-refractivity contribution in [3.8, 4) is 0 Å². The summed E-state index contributed by atoms with van der Waals surface area (Å²) in [6, 6.07) is 8.63. The molecule has 2 amide bonds. The highest BCUT2D eigenvalue weighted by atomic mass is 32.2. The van der Waals surface area contributed by atoms with Crippen molar-refractivity contribution in [3.63, 3.8) is 0 Å². The molecule has 29 heavy (non-hydrogen) atoms. The van der Waals surface area contributed by atoms with Crippen LogP contribution in [0.25, 0.3) is 0 Å². The smallest absolute Gasteiger partial charge is 0.308 e. The number of alkyl halides is 3. The minimum Gasteiger partial charge on any atom is -0.308 e. The van der Waals surface area contributed by atoms with Gasteiger partial charge in [0.05, 0.1) is 22.7 Å². The number of halogens is 3. The number of sulfonamides is 1. The molecular formula is C19H20F3N3O3S. The van der Waals surface area contributed by atoms with Crippen molar-refractivity contribution < 1.29 is 26.4 Å². The van der Waals surface area contributed by atoms with Crippen LogP contribution >= 0.6 is 0 Å². The predicted molar refractivity (Wildman–Crippen MR) is 106 cm³/mol. The van der Waals surface area contributed by atoms with Crippen molar-refractivity contribution >= 4 is 33.1 Å². The van der Waals surface area contributed by atoms with Crippen molar-refractivity contribution in [2.75, 3.05) is 27.2 Å². The number of fused-ring (bicyclic) bond motifs is 1. The zero-order valence-electron chi connectivity index (χ0n) is 15.6. The molecular weight excluding hydrogens is 407 g/mol. The Hall–Kier alpha value is -2.75. The van der Waals surface area contributed by atoms with Gasteiger partial charge in [0, 0.05) is 12.2 Å². The molecule has 0 bridgehead atoms. The van der Waals surface area contributed by atoms with Gasteiger partial charge in [-0.1, -0.05) is 12.1 Å². The number of urea groups is 1. The van der Waals surface area contributed by atoms with Crippen molar-refractivity contribution in [1.29, 1.82) is 0 Å². The van der Waals surface area contributed by atoms with E-state index in [2.05, 4.69) is 10.6 Å². The molecule has 0 radical (unpaired) electrons. The highest BCUT2D eigenvalue weighted by Gasteiger charge is 2.33. The first-order valence-corrected chi connectivity index (χ1v) is 10.6. The summed E-state index contributed by atoms with van der Waals surface area (Å²) in [4.78, 5) is 12.2. The van der Waals surface area contributed by atoms with Crippen LogP contribution in [0.5, 0.6) is 0 Å². The lowest BCUT2D eigenvalue weighted by Crippen LogP contribution is -2.36. The third-order valence-electron chi connectivity index (χ3n) is 4.59. The van der Waals surface area contributed by atoms with Crippen molar-refractivity contribution in [3.05, 3.63) is 53.6 Å². The number of aryl methyl sites for hydroxylation is 1. The predicted octanol–water partition coefficient (Wildman–Crippen LogP) is 4.45. The van der Waals surface area contributed by atoms with Crippen LogP contribution in [-0.4, -0.2) is 26.7 Å². The molecule has 0 saturated heterocycles. The molecule has 2 N–H and O–H groups in total. The number of nitrogens with zero attached hydrogens (tertiary/aromatic N) is 1. The molecule has 10 heteroatoms. The number of hydrogen-bond donors (Lipinski definition) is 2. The number of amides is 2. The monoisotopic (exact) mass is 427 g/mol. The fourth-order valence-electron chi connectivity index (χ4n) is 3.21. The minimum atomic E-state index is -4.59. The fourth-order valence-corrected chi connectivity index (χ4v) is 4.41.